The predicted octanol–water partition coefficient (Wildman–Crippen LogP) is 0.526. The van der Waals surface area contributed by atoms with Crippen molar-refractivity contribution in [2.75, 3.05) is 52.5 Å². The SMILES string of the molecule is O=C(NCCc1ccccc1)[C@@H]1CC(=O)N(CCN2CCOCC2)C1. The van der Waals surface area contributed by atoms with Crippen molar-refractivity contribution < 1.29 is 14.3 Å². The second kappa shape index (κ2) is 8.97. The average molecular weight is 345 g/mol. The summed E-state index contributed by atoms with van der Waals surface area (Å²) >= 11 is 0. The number of carbonyl (C=O) groups excluding carboxylic acids is 2. The molecule has 0 spiro atoms. The van der Waals surface area contributed by atoms with Crippen molar-refractivity contribution >= 4 is 11.8 Å². The van der Waals surface area contributed by atoms with Gasteiger partial charge in [0.25, 0.3) is 0 Å². The van der Waals surface area contributed by atoms with Crippen molar-refractivity contribution in [3.8, 4) is 0 Å². The van der Waals surface area contributed by atoms with Gasteiger partial charge in [0.05, 0.1) is 19.1 Å². The second-order valence-corrected chi connectivity index (χ2v) is 6.72. The Bertz CT molecular complexity index is 573. The molecule has 1 aromatic carbocycles. The van der Waals surface area contributed by atoms with E-state index < -0.39 is 0 Å². The third-order valence-electron chi connectivity index (χ3n) is 4.93. The molecule has 0 radical (unpaired) electrons. The highest BCUT2D eigenvalue weighted by atomic mass is 16.5. The largest absolute Gasteiger partial charge is 0.379 e. The van der Waals surface area contributed by atoms with Gasteiger partial charge in [0.1, 0.15) is 0 Å². The van der Waals surface area contributed by atoms with E-state index in [2.05, 4.69) is 22.3 Å². The lowest BCUT2D eigenvalue weighted by atomic mass is 10.1. The quantitative estimate of drug-likeness (QED) is 0.783. The van der Waals surface area contributed by atoms with Gasteiger partial charge in [-0.1, -0.05) is 30.3 Å². The van der Waals surface area contributed by atoms with Gasteiger partial charge in [0.15, 0.2) is 0 Å². The summed E-state index contributed by atoms with van der Waals surface area (Å²) in [5.74, 6) is -0.123. The third-order valence-corrected chi connectivity index (χ3v) is 4.93. The molecule has 1 N–H and O–H groups in total. The van der Waals surface area contributed by atoms with Crippen molar-refractivity contribution in [1.29, 1.82) is 0 Å². The minimum atomic E-state index is -0.215. The fourth-order valence-corrected chi connectivity index (χ4v) is 3.37. The molecule has 2 aliphatic rings. The van der Waals surface area contributed by atoms with Crippen molar-refractivity contribution in [3.63, 3.8) is 0 Å². The van der Waals surface area contributed by atoms with E-state index in [4.69, 9.17) is 4.74 Å². The first kappa shape index (κ1) is 17.9. The van der Waals surface area contributed by atoms with E-state index in [-0.39, 0.29) is 17.7 Å². The van der Waals surface area contributed by atoms with Crippen molar-refractivity contribution in [1.82, 2.24) is 15.1 Å². The molecule has 2 heterocycles. The molecule has 0 bridgehead atoms. The Morgan fingerprint density at radius 3 is 2.68 bits per heavy atom. The Labute approximate surface area is 149 Å². The molecule has 2 aliphatic heterocycles. The molecule has 1 aromatic rings. The zero-order chi connectivity index (χ0) is 17.5. The second-order valence-electron chi connectivity index (χ2n) is 6.72. The molecule has 6 heteroatoms. The summed E-state index contributed by atoms with van der Waals surface area (Å²) in [7, 11) is 0. The van der Waals surface area contributed by atoms with Crippen LogP contribution in [0.2, 0.25) is 0 Å². The summed E-state index contributed by atoms with van der Waals surface area (Å²) < 4.78 is 5.34. The zero-order valence-corrected chi connectivity index (χ0v) is 14.7. The number of amides is 2. The topological polar surface area (TPSA) is 61.9 Å². The van der Waals surface area contributed by atoms with E-state index in [1.807, 2.05) is 23.1 Å². The van der Waals surface area contributed by atoms with Gasteiger partial charge in [-0.15, -0.1) is 0 Å². The average Bonchev–Trinajstić information content (AvgIpc) is 3.02. The molecule has 3 rings (SSSR count). The van der Waals surface area contributed by atoms with Gasteiger partial charge in [0, 0.05) is 45.7 Å². The Morgan fingerprint density at radius 2 is 1.92 bits per heavy atom. The highest BCUT2D eigenvalue weighted by Gasteiger charge is 2.34. The number of hydrogen-bond acceptors (Lipinski definition) is 4. The number of likely N-dealkylation sites (tertiary alicyclic amines) is 1. The molecular formula is C19H27N3O3. The number of carbonyl (C=O) groups is 2. The van der Waals surface area contributed by atoms with Gasteiger partial charge in [-0.25, -0.2) is 0 Å². The van der Waals surface area contributed by atoms with E-state index in [0.29, 0.717) is 26.1 Å². The van der Waals surface area contributed by atoms with Crippen LogP contribution in [0, 0.1) is 5.92 Å². The molecule has 1 atom stereocenters. The van der Waals surface area contributed by atoms with Crippen LogP contribution in [-0.2, 0) is 20.7 Å². The standard InChI is InChI=1S/C19H27N3O3/c23-18-14-17(15-22(18)9-8-21-10-12-25-13-11-21)19(24)20-7-6-16-4-2-1-3-5-16/h1-5,17H,6-15H2,(H,20,24)/t17-/m1/s1. The van der Waals surface area contributed by atoms with Gasteiger partial charge in [-0.05, 0) is 12.0 Å². The third kappa shape index (κ3) is 5.28. The van der Waals surface area contributed by atoms with Crippen molar-refractivity contribution in [3.05, 3.63) is 35.9 Å². The van der Waals surface area contributed by atoms with Crippen LogP contribution >= 0.6 is 0 Å². The first-order chi connectivity index (χ1) is 12.2. The van der Waals surface area contributed by atoms with Crippen molar-refractivity contribution in [2.24, 2.45) is 5.92 Å². The summed E-state index contributed by atoms with van der Waals surface area (Å²) in [5, 5.41) is 2.97. The predicted molar refractivity (Wildman–Crippen MR) is 95.1 cm³/mol. The van der Waals surface area contributed by atoms with Crippen molar-refractivity contribution in [2.45, 2.75) is 12.8 Å². The first-order valence-electron chi connectivity index (χ1n) is 9.12. The Balaban J connectivity index is 1.38. The molecule has 0 unspecified atom stereocenters. The van der Waals surface area contributed by atoms with E-state index in [9.17, 15) is 9.59 Å². The van der Waals surface area contributed by atoms with Gasteiger partial charge in [0.2, 0.25) is 11.8 Å². The summed E-state index contributed by atoms with van der Waals surface area (Å²) in [6, 6.07) is 10.1. The smallest absolute Gasteiger partial charge is 0.225 e. The van der Waals surface area contributed by atoms with Crippen LogP contribution in [-0.4, -0.2) is 74.1 Å². The number of rotatable bonds is 7. The van der Waals surface area contributed by atoms with E-state index in [1.165, 1.54) is 5.56 Å². The van der Waals surface area contributed by atoms with Crippen LogP contribution in [0.25, 0.3) is 0 Å². The van der Waals surface area contributed by atoms with E-state index in [1.54, 1.807) is 0 Å². The molecule has 0 saturated carbocycles. The molecule has 136 valence electrons. The summed E-state index contributed by atoms with van der Waals surface area (Å²) in [6.45, 7) is 6.09. The van der Waals surface area contributed by atoms with Crippen LogP contribution in [0.1, 0.15) is 12.0 Å². The Morgan fingerprint density at radius 1 is 1.16 bits per heavy atom. The fraction of sp³-hybridized carbons (Fsp3) is 0.579. The van der Waals surface area contributed by atoms with Crippen LogP contribution in [0.3, 0.4) is 0 Å². The number of nitrogens with zero attached hydrogens (tertiary/aromatic N) is 2. The van der Waals surface area contributed by atoms with Crippen LogP contribution in [0.4, 0.5) is 0 Å². The maximum absolute atomic E-state index is 12.3. The number of nitrogens with one attached hydrogen (secondary N) is 1. The number of ether oxygens (including phenoxy) is 1. The fourth-order valence-electron chi connectivity index (χ4n) is 3.37. The van der Waals surface area contributed by atoms with Crippen LogP contribution in [0.15, 0.2) is 30.3 Å². The summed E-state index contributed by atoms with van der Waals surface area (Å²) in [5.41, 5.74) is 1.21. The van der Waals surface area contributed by atoms with Crippen LogP contribution in [0.5, 0.6) is 0 Å². The molecule has 0 aromatic heterocycles. The summed E-state index contributed by atoms with van der Waals surface area (Å²) in [4.78, 5) is 28.6. The molecular weight excluding hydrogens is 318 g/mol. The highest BCUT2D eigenvalue weighted by Crippen LogP contribution is 2.18. The number of morpholine rings is 1. The zero-order valence-electron chi connectivity index (χ0n) is 14.7. The summed E-state index contributed by atoms with van der Waals surface area (Å²) in [6.07, 6.45) is 1.15. The Hall–Kier alpha value is -1.92. The maximum atomic E-state index is 12.3. The van der Waals surface area contributed by atoms with Crippen LogP contribution < -0.4 is 5.32 Å². The van der Waals surface area contributed by atoms with Gasteiger partial charge in [-0.3, -0.25) is 14.5 Å². The highest BCUT2D eigenvalue weighted by molar-refractivity contribution is 5.89. The first-order valence-corrected chi connectivity index (χ1v) is 9.12. The van der Waals surface area contributed by atoms with Gasteiger partial charge >= 0.3 is 0 Å². The molecule has 2 saturated heterocycles. The normalized spacial score (nSPS) is 21.5. The minimum Gasteiger partial charge on any atom is -0.379 e. The molecule has 25 heavy (non-hydrogen) atoms. The van der Waals surface area contributed by atoms with Gasteiger partial charge < -0.3 is 15.0 Å². The number of benzene rings is 1. The molecule has 6 nitrogen and oxygen atoms in total. The van der Waals surface area contributed by atoms with Gasteiger partial charge in [-0.2, -0.15) is 0 Å². The Kier molecular flexibility index (Phi) is 6.42. The molecule has 2 fully saturated rings. The lowest BCUT2D eigenvalue weighted by Gasteiger charge is -2.28. The van der Waals surface area contributed by atoms with E-state index >= 15 is 0 Å². The maximum Gasteiger partial charge on any atom is 0.225 e. The van der Waals surface area contributed by atoms with E-state index in [0.717, 1.165) is 39.3 Å². The number of hydrogen-bond donors (Lipinski definition) is 1. The minimum absolute atomic E-state index is 0.00171. The molecule has 2 amide bonds. The molecule has 0 aliphatic carbocycles. The lowest BCUT2D eigenvalue weighted by Crippen LogP contribution is -2.42. The monoisotopic (exact) mass is 345 g/mol. The lowest BCUT2D eigenvalue weighted by molar-refractivity contribution is -0.129.